The van der Waals surface area contributed by atoms with Gasteiger partial charge in [-0.1, -0.05) is 55.3 Å². The Balaban J connectivity index is 0.000000980. The van der Waals surface area contributed by atoms with Crippen molar-refractivity contribution in [3.8, 4) is 11.5 Å². The highest BCUT2D eigenvalue weighted by Crippen LogP contribution is 2.23. The van der Waals surface area contributed by atoms with Crippen molar-refractivity contribution in [2.75, 3.05) is 46.4 Å². The molecular weight excluding hydrogens is 672 g/mol. The number of hydrogen-bond acceptors (Lipinski definition) is 8. The Kier molecular flexibility index (Phi) is 17.8. The van der Waals surface area contributed by atoms with Crippen LogP contribution in [0.25, 0.3) is 10.8 Å². The molecule has 0 aliphatic carbocycles. The number of likely N-dealkylation sites (tertiary alicyclic amines) is 2. The highest BCUT2D eigenvalue weighted by Gasteiger charge is 2.25. The molecule has 0 radical (unpaired) electrons. The monoisotopic (exact) mass is 728 g/mol. The molecule has 0 bridgehead atoms. The van der Waals surface area contributed by atoms with Crippen molar-refractivity contribution in [2.45, 2.75) is 83.2 Å². The number of aryl methyl sites for hydroxylation is 1. The number of hydrogen-bond donors (Lipinski definition) is 2. The number of benzene rings is 3. The summed E-state index contributed by atoms with van der Waals surface area (Å²) in [6, 6.07) is 25.1. The van der Waals surface area contributed by atoms with Gasteiger partial charge in [-0.15, -0.1) is 0 Å². The normalized spacial score (nSPS) is 16.1. The highest BCUT2D eigenvalue weighted by molar-refractivity contribution is 5.83. The average Bonchev–Trinajstić information content (AvgIpc) is 3.45. The second-order valence-electron chi connectivity index (χ2n) is 13.6. The van der Waals surface area contributed by atoms with E-state index in [0.717, 1.165) is 91.9 Å². The van der Waals surface area contributed by atoms with Gasteiger partial charge in [0.2, 0.25) is 0 Å². The van der Waals surface area contributed by atoms with Crippen molar-refractivity contribution >= 4 is 23.7 Å². The third-order valence-electron chi connectivity index (χ3n) is 10.0. The molecule has 0 saturated carbocycles. The molecule has 2 aliphatic heterocycles. The van der Waals surface area contributed by atoms with E-state index in [1.54, 1.807) is 11.8 Å². The lowest BCUT2D eigenvalue weighted by molar-refractivity contribution is -0.123. The third-order valence-corrected chi connectivity index (χ3v) is 10.0. The lowest BCUT2D eigenvalue weighted by Gasteiger charge is -2.25. The number of methoxy groups -OCH3 is 1. The second kappa shape index (κ2) is 23.0. The highest BCUT2D eigenvalue weighted by atomic mass is 16.5. The van der Waals surface area contributed by atoms with Crippen LogP contribution in [0.1, 0.15) is 74.6 Å². The molecule has 2 fully saturated rings. The first-order valence-corrected chi connectivity index (χ1v) is 18.9. The predicted octanol–water partition coefficient (Wildman–Crippen LogP) is 6.53. The van der Waals surface area contributed by atoms with E-state index in [1.807, 2.05) is 36.4 Å². The van der Waals surface area contributed by atoms with Gasteiger partial charge >= 0.3 is 0 Å². The van der Waals surface area contributed by atoms with E-state index in [0.29, 0.717) is 19.0 Å². The smallest absolute Gasteiger partial charge is 0.290 e. The zero-order valence-corrected chi connectivity index (χ0v) is 31.1. The number of aromatic nitrogens is 2. The van der Waals surface area contributed by atoms with Gasteiger partial charge < -0.3 is 24.6 Å². The summed E-state index contributed by atoms with van der Waals surface area (Å²) in [5.41, 5.74) is 3.47. The number of nitrogens with zero attached hydrogens (tertiary/aromatic N) is 4. The SMILES string of the molecule is COc1ccc(Cc2nn(C[C@H]3CCCN3CCCCc3ccc(OCCCN4CCCCCC4)cc3)c(=O)c3ccccc23)cc1.O=CO.O=CO. The number of rotatable bonds is 15. The van der Waals surface area contributed by atoms with Gasteiger partial charge in [0.1, 0.15) is 11.5 Å². The van der Waals surface area contributed by atoms with E-state index in [-0.39, 0.29) is 18.5 Å². The number of unbranched alkanes of at least 4 members (excludes halogenated alkanes) is 1. The molecule has 53 heavy (non-hydrogen) atoms. The molecule has 286 valence electrons. The first-order valence-electron chi connectivity index (χ1n) is 18.9. The Morgan fingerprint density at radius 1 is 0.755 bits per heavy atom. The summed E-state index contributed by atoms with van der Waals surface area (Å²) >= 11 is 0. The lowest BCUT2D eigenvalue weighted by atomic mass is 10.0. The maximum Gasteiger partial charge on any atom is 0.290 e. The van der Waals surface area contributed by atoms with Gasteiger partial charge in [-0.3, -0.25) is 19.3 Å². The first kappa shape index (κ1) is 41.0. The van der Waals surface area contributed by atoms with Crippen molar-refractivity contribution in [1.82, 2.24) is 19.6 Å². The largest absolute Gasteiger partial charge is 0.497 e. The van der Waals surface area contributed by atoms with E-state index < -0.39 is 0 Å². The van der Waals surface area contributed by atoms with Crippen LogP contribution in [0, 0.1) is 0 Å². The molecule has 2 N–H and O–H groups in total. The maximum atomic E-state index is 13.6. The molecule has 2 saturated heterocycles. The van der Waals surface area contributed by atoms with Gasteiger partial charge in [-0.05, 0) is 119 Å². The molecule has 0 amide bonds. The van der Waals surface area contributed by atoms with Gasteiger partial charge in [0.25, 0.3) is 18.5 Å². The number of carbonyl (C=O) groups is 2. The minimum absolute atomic E-state index is 0.00997. The molecule has 3 heterocycles. The van der Waals surface area contributed by atoms with E-state index in [9.17, 15) is 4.79 Å². The number of carboxylic acid groups (broad SMARTS) is 2. The van der Waals surface area contributed by atoms with Gasteiger partial charge in [-0.25, -0.2) is 4.68 Å². The van der Waals surface area contributed by atoms with Crippen LogP contribution in [0.4, 0.5) is 0 Å². The lowest BCUT2D eigenvalue weighted by Crippen LogP contribution is -2.38. The minimum atomic E-state index is -0.250. The molecule has 1 aromatic heterocycles. The fraction of sp³-hybridized carbons (Fsp3) is 0.476. The van der Waals surface area contributed by atoms with Crippen molar-refractivity contribution in [3.63, 3.8) is 0 Å². The van der Waals surface area contributed by atoms with Crippen molar-refractivity contribution in [3.05, 3.63) is 100.0 Å². The van der Waals surface area contributed by atoms with E-state index >= 15 is 0 Å². The van der Waals surface area contributed by atoms with Crippen LogP contribution >= 0.6 is 0 Å². The van der Waals surface area contributed by atoms with E-state index in [4.69, 9.17) is 34.4 Å². The average molecular weight is 729 g/mol. The van der Waals surface area contributed by atoms with Crippen LogP contribution in [0.2, 0.25) is 0 Å². The number of ether oxygens (including phenoxy) is 2. The zero-order chi connectivity index (χ0) is 37.7. The topological polar surface area (TPSA) is 134 Å². The van der Waals surface area contributed by atoms with E-state index in [1.165, 1.54) is 50.8 Å². The Bertz CT molecular complexity index is 1700. The van der Waals surface area contributed by atoms with Crippen molar-refractivity contribution in [2.24, 2.45) is 0 Å². The second-order valence-corrected chi connectivity index (χ2v) is 13.6. The molecule has 4 aromatic rings. The molecule has 6 rings (SSSR count). The van der Waals surface area contributed by atoms with Crippen molar-refractivity contribution < 1.29 is 29.3 Å². The Morgan fingerprint density at radius 2 is 1.40 bits per heavy atom. The van der Waals surface area contributed by atoms with Crippen LogP contribution in [0.3, 0.4) is 0 Å². The summed E-state index contributed by atoms with van der Waals surface area (Å²) in [6.07, 6.45) is 12.9. The van der Waals surface area contributed by atoms with Gasteiger partial charge in [0.05, 0.1) is 31.3 Å². The van der Waals surface area contributed by atoms with Gasteiger partial charge in [0.15, 0.2) is 0 Å². The van der Waals surface area contributed by atoms with Crippen LogP contribution < -0.4 is 15.0 Å². The first-order chi connectivity index (χ1) is 26.0. The minimum Gasteiger partial charge on any atom is -0.497 e. The maximum absolute atomic E-state index is 13.6. The number of fused-ring (bicyclic) bond motifs is 1. The van der Waals surface area contributed by atoms with E-state index in [2.05, 4.69) is 46.2 Å². The summed E-state index contributed by atoms with van der Waals surface area (Å²) in [7, 11) is 1.68. The summed E-state index contributed by atoms with van der Waals surface area (Å²) < 4.78 is 13.1. The fourth-order valence-corrected chi connectivity index (χ4v) is 7.33. The third kappa shape index (κ3) is 13.3. The van der Waals surface area contributed by atoms with Crippen LogP contribution in [0.15, 0.2) is 77.6 Å². The van der Waals surface area contributed by atoms with Gasteiger partial charge in [-0.2, -0.15) is 5.10 Å². The predicted molar refractivity (Wildman–Crippen MR) is 208 cm³/mol. The molecule has 1 atom stereocenters. The zero-order valence-electron chi connectivity index (χ0n) is 31.1. The molecule has 11 heteroatoms. The fourth-order valence-electron chi connectivity index (χ4n) is 7.33. The molecule has 3 aromatic carbocycles. The summed E-state index contributed by atoms with van der Waals surface area (Å²) in [4.78, 5) is 35.5. The summed E-state index contributed by atoms with van der Waals surface area (Å²) in [6.45, 7) is 6.73. The quantitative estimate of drug-likeness (QED) is 0.103. The molecule has 2 aliphatic rings. The Hall–Kier alpha value is -4.74. The van der Waals surface area contributed by atoms with Crippen LogP contribution in [-0.4, -0.2) is 95.2 Å². The van der Waals surface area contributed by atoms with Crippen LogP contribution in [-0.2, 0) is 29.0 Å². The molecule has 11 nitrogen and oxygen atoms in total. The summed E-state index contributed by atoms with van der Waals surface area (Å²) in [5.74, 6) is 1.82. The van der Waals surface area contributed by atoms with Gasteiger partial charge in [0, 0.05) is 24.4 Å². The Labute approximate surface area is 313 Å². The van der Waals surface area contributed by atoms with Crippen molar-refractivity contribution in [1.29, 1.82) is 0 Å². The molecule has 0 spiro atoms. The summed E-state index contributed by atoms with van der Waals surface area (Å²) in [5, 5.41) is 20.4. The molecular formula is C42H56N4O7. The van der Waals surface area contributed by atoms with Crippen LogP contribution in [0.5, 0.6) is 11.5 Å². The Morgan fingerprint density at radius 3 is 2.08 bits per heavy atom. The standard InChI is InChI=1S/C40H52N4O3.2CH2O2/c1-46-35-20-18-33(19-21-35)30-39-37-14-4-5-15-38(37)40(45)44(41-39)31-34-13-10-28-43(34)27-9-6-12-32-16-22-36(23-17-32)47-29-11-26-42-24-7-2-3-8-25-42;2*2-1-3/h4-5,14-23,34H,2-3,6-13,24-31H2,1H3;2*1H,(H,2,3)/t34-;;/m1../s1. The molecule has 0 unspecified atom stereocenters.